The van der Waals surface area contributed by atoms with Crippen molar-refractivity contribution < 1.29 is 9.26 Å². The zero-order valence-electron chi connectivity index (χ0n) is 12.8. The summed E-state index contributed by atoms with van der Waals surface area (Å²) < 4.78 is 11.1. The van der Waals surface area contributed by atoms with E-state index in [4.69, 9.17) is 9.26 Å². The molecule has 0 radical (unpaired) electrons. The maximum absolute atomic E-state index is 5.81. The minimum Gasteiger partial charge on any atom is -0.485 e. The Morgan fingerprint density at radius 3 is 2.90 bits per heavy atom. The Morgan fingerprint density at radius 2 is 2.14 bits per heavy atom. The lowest BCUT2D eigenvalue weighted by molar-refractivity contribution is 0.248. The minimum absolute atomic E-state index is 0.378. The lowest BCUT2D eigenvalue weighted by atomic mass is 10.2. The summed E-state index contributed by atoms with van der Waals surface area (Å²) in [4.78, 5) is 0. The van der Waals surface area contributed by atoms with Gasteiger partial charge in [-0.25, -0.2) is 0 Å². The van der Waals surface area contributed by atoms with Gasteiger partial charge in [-0.05, 0) is 13.0 Å². The lowest BCUT2D eigenvalue weighted by Crippen LogP contribution is -2.21. The molecule has 1 aromatic carbocycles. The molecular weight excluding hydrogens is 264 g/mol. The van der Waals surface area contributed by atoms with Gasteiger partial charge in [-0.15, -0.1) is 0 Å². The van der Waals surface area contributed by atoms with Gasteiger partial charge in [0.05, 0.1) is 5.69 Å². The highest BCUT2D eigenvalue weighted by Crippen LogP contribution is 2.20. The third-order valence-electron chi connectivity index (χ3n) is 2.93. The van der Waals surface area contributed by atoms with Crippen molar-refractivity contribution in [2.45, 2.75) is 40.0 Å². The highest BCUT2D eigenvalue weighted by atomic mass is 16.5. The topological polar surface area (TPSA) is 47.3 Å². The molecule has 0 saturated carbocycles. The molecule has 0 aliphatic carbocycles. The normalized spacial score (nSPS) is 11.4. The number of hydrogen-bond donors (Lipinski definition) is 1. The van der Waals surface area contributed by atoms with Gasteiger partial charge in [0.25, 0.3) is 0 Å². The standard InChI is InChI=1S/C17H22N2O2/c1-4-7-14-8-5-6-9-17(14)20-12-16-10-15(19-21-16)11-18-13(2)3/h4-10,13,18H,11-12H2,1-3H3. The average Bonchev–Trinajstić information content (AvgIpc) is 2.92. The predicted octanol–water partition coefficient (Wildman–Crippen LogP) is 3.78. The first-order valence-corrected chi connectivity index (χ1v) is 7.21. The third kappa shape index (κ3) is 4.76. The van der Waals surface area contributed by atoms with Gasteiger partial charge in [-0.2, -0.15) is 0 Å². The number of nitrogens with zero attached hydrogens (tertiary/aromatic N) is 1. The van der Waals surface area contributed by atoms with Crippen LogP contribution < -0.4 is 10.1 Å². The van der Waals surface area contributed by atoms with Gasteiger partial charge in [0, 0.05) is 24.2 Å². The molecule has 21 heavy (non-hydrogen) atoms. The molecule has 2 rings (SSSR count). The van der Waals surface area contributed by atoms with E-state index in [0.717, 1.165) is 22.8 Å². The zero-order chi connectivity index (χ0) is 15.1. The van der Waals surface area contributed by atoms with E-state index in [1.807, 2.05) is 49.4 Å². The molecule has 0 aliphatic heterocycles. The lowest BCUT2D eigenvalue weighted by Gasteiger charge is -2.07. The Bertz CT molecular complexity index is 588. The maximum atomic E-state index is 5.81. The van der Waals surface area contributed by atoms with Gasteiger partial charge < -0.3 is 14.6 Å². The highest BCUT2D eigenvalue weighted by molar-refractivity contribution is 5.56. The number of ether oxygens (including phenoxy) is 1. The number of nitrogens with one attached hydrogen (secondary N) is 1. The molecule has 0 unspecified atom stereocenters. The average molecular weight is 286 g/mol. The second-order valence-electron chi connectivity index (χ2n) is 5.15. The van der Waals surface area contributed by atoms with E-state index >= 15 is 0 Å². The molecule has 0 atom stereocenters. The molecule has 0 aliphatic rings. The Labute approximate surface area is 125 Å². The Hall–Kier alpha value is -2.07. The van der Waals surface area contributed by atoms with Crippen LogP contribution in [0.4, 0.5) is 0 Å². The van der Waals surface area contributed by atoms with Crippen molar-refractivity contribution in [1.82, 2.24) is 10.5 Å². The van der Waals surface area contributed by atoms with Crippen molar-refractivity contribution in [3.63, 3.8) is 0 Å². The number of benzene rings is 1. The Kier molecular flexibility index (Phi) is 5.58. The van der Waals surface area contributed by atoms with E-state index in [1.54, 1.807) is 0 Å². The molecule has 1 N–H and O–H groups in total. The molecule has 0 fully saturated rings. The van der Waals surface area contributed by atoms with E-state index in [2.05, 4.69) is 24.3 Å². The SMILES string of the molecule is CC=Cc1ccccc1OCc1cc(CNC(C)C)no1. The van der Waals surface area contributed by atoms with Crippen LogP contribution in [0.15, 0.2) is 40.9 Å². The third-order valence-corrected chi connectivity index (χ3v) is 2.93. The summed E-state index contributed by atoms with van der Waals surface area (Å²) in [5.74, 6) is 1.57. The van der Waals surface area contributed by atoms with Crippen molar-refractivity contribution in [2.24, 2.45) is 0 Å². The molecule has 4 nitrogen and oxygen atoms in total. The Balaban J connectivity index is 1.94. The van der Waals surface area contributed by atoms with Crippen LogP contribution >= 0.6 is 0 Å². The molecule has 4 heteroatoms. The first-order chi connectivity index (χ1) is 10.2. The fourth-order valence-electron chi connectivity index (χ4n) is 1.89. The van der Waals surface area contributed by atoms with E-state index in [9.17, 15) is 0 Å². The summed E-state index contributed by atoms with van der Waals surface area (Å²) in [5.41, 5.74) is 1.95. The first-order valence-electron chi connectivity index (χ1n) is 7.21. The first kappa shape index (κ1) is 15.3. The van der Waals surface area contributed by atoms with Gasteiger partial charge in [0.2, 0.25) is 0 Å². The molecule has 0 spiro atoms. The van der Waals surface area contributed by atoms with Gasteiger partial charge in [0.1, 0.15) is 12.4 Å². The molecule has 2 aromatic rings. The zero-order valence-corrected chi connectivity index (χ0v) is 12.8. The quantitative estimate of drug-likeness (QED) is 0.841. The summed E-state index contributed by atoms with van der Waals surface area (Å²) >= 11 is 0. The highest BCUT2D eigenvalue weighted by Gasteiger charge is 2.07. The van der Waals surface area contributed by atoms with Crippen LogP contribution in [-0.2, 0) is 13.2 Å². The van der Waals surface area contributed by atoms with Gasteiger partial charge in [-0.3, -0.25) is 0 Å². The number of hydrogen-bond acceptors (Lipinski definition) is 4. The van der Waals surface area contributed by atoms with Crippen LogP contribution in [0.5, 0.6) is 5.75 Å². The number of aromatic nitrogens is 1. The molecule has 0 bridgehead atoms. The fraction of sp³-hybridized carbons (Fsp3) is 0.353. The van der Waals surface area contributed by atoms with Crippen LogP contribution in [0, 0.1) is 0 Å². The van der Waals surface area contributed by atoms with E-state index < -0.39 is 0 Å². The van der Waals surface area contributed by atoms with Gasteiger partial charge in [0.15, 0.2) is 5.76 Å². The largest absolute Gasteiger partial charge is 0.485 e. The molecule has 0 saturated heterocycles. The number of para-hydroxylation sites is 1. The fourth-order valence-corrected chi connectivity index (χ4v) is 1.89. The molecule has 112 valence electrons. The summed E-state index contributed by atoms with van der Waals surface area (Å²) in [6.45, 7) is 7.27. The van der Waals surface area contributed by atoms with Crippen molar-refractivity contribution >= 4 is 6.08 Å². The van der Waals surface area contributed by atoms with Gasteiger partial charge >= 0.3 is 0 Å². The summed E-state index contributed by atoms with van der Waals surface area (Å²) in [5, 5.41) is 7.33. The van der Waals surface area contributed by atoms with Crippen LogP contribution in [0.2, 0.25) is 0 Å². The smallest absolute Gasteiger partial charge is 0.174 e. The van der Waals surface area contributed by atoms with E-state index in [-0.39, 0.29) is 0 Å². The maximum Gasteiger partial charge on any atom is 0.174 e. The van der Waals surface area contributed by atoms with E-state index in [0.29, 0.717) is 19.2 Å². The van der Waals surface area contributed by atoms with Crippen molar-refractivity contribution in [2.75, 3.05) is 0 Å². The molecule has 0 amide bonds. The van der Waals surface area contributed by atoms with E-state index in [1.165, 1.54) is 0 Å². The second kappa shape index (κ2) is 7.64. The summed E-state index contributed by atoms with van der Waals surface area (Å²) in [7, 11) is 0. The van der Waals surface area contributed by atoms with Crippen LogP contribution in [0.25, 0.3) is 6.08 Å². The molecular formula is C17H22N2O2. The van der Waals surface area contributed by atoms with Crippen molar-refractivity contribution in [3.05, 3.63) is 53.4 Å². The predicted molar refractivity (Wildman–Crippen MR) is 84.0 cm³/mol. The second-order valence-corrected chi connectivity index (χ2v) is 5.15. The molecule has 1 heterocycles. The monoisotopic (exact) mass is 286 g/mol. The summed E-state index contributed by atoms with van der Waals surface area (Å²) in [6, 6.07) is 10.3. The van der Waals surface area contributed by atoms with Gasteiger partial charge in [-0.1, -0.05) is 49.4 Å². The summed E-state index contributed by atoms with van der Waals surface area (Å²) in [6.07, 6.45) is 4.01. The number of rotatable bonds is 7. The Morgan fingerprint density at radius 1 is 1.33 bits per heavy atom. The van der Waals surface area contributed by atoms with Crippen molar-refractivity contribution in [1.29, 1.82) is 0 Å². The number of allylic oxidation sites excluding steroid dienone is 1. The van der Waals surface area contributed by atoms with Crippen LogP contribution in [0.1, 0.15) is 37.8 Å². The minimum atomic E-state index is 0.378. The van der Waals surface area contributed by atoms with Crippen molar-refractivity contribution in [3.8, 4) is 5.75 Å². The molecule has 1 aromatic heterocycles. The van der Waals surface area contributed by atoms with Crippen LogP contribution in [-0.4, -0.2) is 11.2 Å². The van der Waals surface area contributed by atoms with Crippen LogP contribution in [0.3, 0.4) is 0 Å².